The smallest absolute Gasteiger partial charge is 0.265 e. The molecule has 0 bridgehead atoms. The van der Waals surface area contributed by atoms with E-state index in [4.69, 9.17) is 17.3 Å². The predicted molar refractivity (Wildman–Crippen MR) is 70.9 cm³/mol. The van der Waals surface area contributed by atoms with E-state index in [2.05, 4.69) is 9.71 Å². The highest BCUT2D eigenvalue weighted by atomic mass is 35.5. The average Bonchev–Trinajstić information content (AvgIpc) is 2.35. The lowest BCUT2D eigenvalue weighted by Gasteiger charge is -2.09. The van der Waals surface area contributed by atoms with Crippen LogP contribution in [0.4, 0.5) is 15.9 Å². The maximum absolute atomic E-state index is 13.3. The van der Waals surface area contributed by atoms with Crippen molar-refractivity contribution in [2.75, 3.05) is 10.5 Å². The van der Waals surface area contributed by atoms with E-state index in [0.717, 1.165) is 6.07 Å². The number of aromatic nitrogens is 1. The van der Waals surface area contributed by atoms with Crippen molar-refractivity contribution >= 4 is 33.1 Å². The first kappa shape index (κ1) is 13.6. The van der Waals surface area contributed by atoms with Crippen molar-refractivity contribution in [3.8, 4) is 0 Å². The zero-order valence-electron chi connectivity index (χ0n) is 9.47. The lowest BCUT2D eigenvalue weighted by Crippen LogP contribution is -2.16. The predicted octanol–water partition coefficient (Wildman–Crippen LogP) is 2.26. The largest absolute Gasteiger partial charge is 0.395 e. The highest BCUT2D eigenvalue weighted by Gasteiger charge is 2.19. The fourth-order valence-electron chi connectivity index (χ4n) is 1.38. The zero-order valence-corrected chi connectivity index (χ0v) is 11.0. The second kappa shape index (κ2) is 5.02. The number of nitrogens with two attached hydrogens (primary N) is 1. The minimum absolute atomic E-state index is 0.0630. The third-order valence-corrected chi connectivity index (χ3v) is 3.91. The molecule has 0 aliphatic rings. The molecule has 0 saturated carbocycles. The second-order valence-electron chi connectivity index (χ2n) is 3.62. The summed E-state index contributed by atoms with van der Waals surface area (Å²) in [5, 5.41) is 0.369. The molecule has 5 nitrogen and oxygen atoms in total. The van der Waals surface area contributed by atoms with Crippen molar-refractivity contribution in [3.05, 3.63) is 47.4 Å². The van der Waals surface area contributed by atoms with Crippen LogP contribution in [0.1, 0.15) is 0 Å². The summed E-state index contributed by atoms with van der Waals surface area (Å²) < 4.78 is 39.5. The summed E-state index contributed by atoms with van der Waals surface area (Å²) in [5.74, 6) is -0.736. The van der Waals surface area contributed by atoms with Gasteiger partial charge in [-0.25, -0.2) is 17.8 Å². The molecule has 1 aromatic carbocycles. The van der Waals surface area contributed by atoms with E-state index in [-0.39, 0.29) is 10.7 Å². The second-order valence-corrected chi connectivity index (χ2v) is 5.71. The molecular formula is C11H9ClFN3O2S. The number of nitrogens with zero attached hydrogens (tertiary/aromatic N) is 1. The standard InChI is InChI=1S/C11H9ClFN3O2S/c12-7-4-5-10(15-6-7)16-19(17,18)9-3-1-2-8(13)11(9)14/h1-6H,14H2,(H,15,16). The number of pyridine rings is 1. The van der Waals surface area contributed by atoms with Crippen LogP contribution in [0.25, 0.3) is 0 Å². The van der Waals surface area contributed by atoms with Crippen LogP contribution in [0.15, 0.2) is 41.4 Å². The van der Waals surface area contributed by atoms with Crippen LogP contribution in [-0.4, -0.2) is 13.4 Å². The lowest BCUT2D eigenvalue weighted by atomic mass is 10.3. The van der Waals surface area contributed by atoms with Gasteiger partial charge in [-0.05, 0) is 24.3 Å². The fourth-order valence-corrected chi connectivity index (χ4v) is 2.64. The number of hydrogen-bond donors (Lipinski definition) is 2. The van der Waals surface area contributed by atoms with E-state index < -0.39 is 21.5 Å². The number of nitrogens with one attached hydrogen (secondary N) is 1. The number of anilines is 2. The zero-order chi connectivity index (χ0) is 14.0. The van der Waals surface area contributed by atoms with Crippen molar-refractivity contribution in [2.45, 2.75) is 4.90 Å². The fraction of sp³-hybridized carbons (Fsp3) is 0. The molecule has 100 valence electrons. The molecule has 0 saturated heterocycles. The maximum atomic E-state index is 13.3. The molecule has 0 spiro atoms. The lowest BCUT2D eigenvalue weighted by molar-refractivity contribution is 0.597. The normalized spacial score (nSPS) is 11.3. The van der Waals surface area contributed by atoms with Gasteiger partial charge in [0.1, 0.15) is 16.5 Å². The number of nitrogen functional groups attached to an aromatic ring is 1. The molecule has 0 fully saturated rings. The summed E-state index contributed by atoms with van der Waals surface area (Å²) in [5.41, 5.74) is 4.97. The number of sulfonamides is 1. The highest BCUT2D eigenvalue weighted by Crippen LogP contribution is 2.23. The van der Waals surface area contributed by atoms with Gasteiger partial charge in [-0.1, -0.05) is 17.7 Å². The number of rotatable bonds is 3. The summed E-state index contributed by atoms with van der Waals surface area (Å²) in [6.45, 7) is 0. The molecule has 0 unspecified atom stereocenters. The first-order chi connectivity index (χ1) is 8.90. The van der Waals surface area contributed by atoms with Gasteiger partial charge in [-0.3, -0.25) is 4.72 Å². The summed E-state index contributed by atoms with van der Waals surface area (Å²) >= 11 is 5.64. The van der Waals surface area contributed by atoms with Gasteiger partial charge >= 0.3 is 0 Å². The highest BCUT2D eigenvalue weighted by molar-refractivity contribution is 7.92. The van der Waals surface area contributed by atoms with Gasteiger partial charge in [0.15, 0.2) is 0 Å². The van der Waals surface area contributed by atoms with Crippen LogP contribution >= 0.6 is 11.6 Å². The minimum atomic E-state index is -4.00. The Hall–Kier alpha value is -1.86. The molecule has 19 heavy (non-hydrogen) atoms. The Labute approximate surface area is 114 Å². The Morgan fingerprint density at radius 3 is 2.63 bits per heavy atom. The SMILES string of the molecule is Nc1c(F)cccc1S(=O)(=O)Nc1ccc(Cl)cn1. The van der Waals surface area contributed by atoms with Crippen LogP contribution < -0.4 is 10.5 Å². The van der Waals surface area contributed by atoms with Crippen LogP contribution in [-0.2, 0) is 10.0 Å². The number of benzene rings is 1. The summed E-state index contributed by atoms with van der Waals surface area (Å²) in [7, 11) is -4.00. The molecule has 0 atom stereocenters. The topological polar surface area (TPSA) is 85.1 Å². The van der Waals surface area contributed by atoms with Crippen LogP contribution in [0, 0.1) is 5.82 Å². The molecule has 2 aromatic rings. The first-order valence-electron chi connectivity index (χ1n) is 5.08. The van der Waals surface area contributed by atoms with Gasteiger partial charge in [0.2, 0.25) is 0 Å². The Morgan fingerprint density at radius 2 is 2.00 bits per heavy atom. The van der Waals surface area contributed by atoms with Crippen LogP contribution in [0.3, 0.4) is 0 Å². The van der Waals surface area contributed by atoms with Gasteiger partial charge in [-0.15, -0.1) is 0 Å². The van der Waals surface area contributed by atoms with E-state index in [0.29, 0.717) is 5.02 Å². The van der Waals surface area contributed by atoms with Gasteiger partial charge in [0.05, 0.1) is 10.7 Å². The van der Waals surface area contributed by atoms with Crippen molar-refractivity contribution in [2.24, 2.45) is 0 Å². The summed E-state index contributed by atoms with van der Waals surface area (Å²) in [4.78, 5) is 3.44. The van der Waals surface area contributed by atoms with Gasteiger partial charge < -0.3 is 5.73 Å². The molecule has 3 N–H and O–H groups in total. The van der Waals surface area contributed by atoms with Gasteiger partial charge in [-0.2, -0.15) is 0 Å². The molecular weight excluding hydrogens is 293 g/mol. The van der Waals surface area contributed by atoms with Gasteiger partial charge in [0.25, 0.3) is 10.0 Å². The van der Waals surface area contributed by atoms with Crippen molar-refractivity contribution in [1.82, 2.24) is 4.98 Å². The van der Waals surface area contributed by atoms with Gasteiger partial charge in [0, 0.05) is 6.20 Å². The van der Waals surface area contributed by atoms with E-state index in [9.17, 15) is 12.8 Å². The van der Waals surface area contributed by atoms with E-state index in [1.54, 1.807) is 0 Å². The number of para-hydroxylation sites is 1. The molecule has 0 amide bonds. The quantitative estimate of drug-likeness (QED) is 0.852. The van der Waals surface area contributed by atoms with E-state index in [1.807, 2.05) is 0 Å². The van der Waals surface area contributed by atoms with Crippen LogP contribution in [0.2, 0.25) is 5.02 Å². The summed E-state index contributed by atoms with van der Waals surface area (Å²) in [6.07, 6.45) is 1.29. The monoisotopic (exact) mass is 301 g/mol. The van der Waals surface area contributed by atoms with Crippen molar-refractivity contribution in [3.63, 3.8) is 0 Å². The Bertz CT molecular complexity index is 704. The Kier molecular flexibility index (Phi) is 3.59. The number of halogens is 2. The molecule has 0 aliphatic heterocycles. The molecule has 0 aliphatic carbocycles. The number of hydrogen-bond acceptors (Lipinski definition) is 4. The third-order valence-electron chi connectivity index (χ3n) is 2.27. The molecule has 8 heteroatoms. The van der Waals surface area contributed by atoms with Crippen LogP contribution in [0.5, 0.6) is 0 Å². The molecule has 1 heterocycles. The average molecular weight is 302 g/mol. The van der Waals surface area contributed by atoms with Crippen molar-refractivity contribution < 1.29 is 12.8 Å². The minimum Gasteiger partial charge on any atom is -0.395 e. The molecule has 2 rings (SSSR count). The first-order valence-corrected chi connectivity index (χ1v) is 6.94. The third kappa shape index (κ3) is 2.94. The Morgan fingerprint density at radius 1 is 1.26 bits per heavy atom. The summed E-state index contributed by atoms with van der Waals surface area (Å²) in [6, 6.07) is 6.40. The van der Waals surface area contributed by atoms with E-state index >= 15 is 0 Å². The molecule has 1 aromatic heterocycles. The van der Waals surface area contributed by atoms with Crippen molar-refractivity contribution in [1.29, 1.82) is 0 Å². The Balaban J connectivity index is 2.38. The maximum Gasteiger partial charge on any atom is 0.265 e. The molecule has 0 radical (unpaired) electrons. The van der Waals surface area contributed by atoms with E-state index in [1.165, 1.54) is 30.5 Å².